The summed E-state index contributed by atoms with van der Waals surface area (Å²) in [6.45, 7) is -0.517. The minimum atomic E-state index is -1.48. The first kappa shape index (κ1) is 16.4. The van der Waals surface area contributed by atoms with E-state index in [0.29, 0.717) is 22.2 Å². The van der Waals surface area contributed by atoms with Gasteiger partial charge in [-0.05, 0) is 12.1 Å². The summed E-state index contributed by atoms with van der Waals surface area (Å²) < 4.78 is 5.33. The Morgan fingerprint density at radius 3 is 2.71 bits per heavy atom. The van der Waals surface area contributed by atoms with Crippen molar-refractivity contribution in [3.63, 3.8) is 0 Å². The van der Waals surface area contributed by atoms with E-state index in [-0.39, 0.29) is 0 Å². The third kappa shape index (κ3) is 2.85. The Hall–Kier alpha value is -2.46. The highest BCUT2D eigenvalue weighted by Gasteiger charge is 2.42. The predicted octanol–water partition coefficient (Wildman–Crippen LogP) is -1.37. The molecule has 5 atom stereocenters. The number of hydrogen-bond acceptors (Lipinski definition) is 7. The SMILES string of the molecule is N#Cc1cc(C#C[C@H]2O[C@H](CO)[C@@H](O)[C@H](O)[C@@H]2O)c2nc[nH]c2c1. The van der Waals surface area contributed by atoms with Gasteiger partial charge in [-0.3, -0.25) is 0 Å². The molecule has 1 fully saturated rings. The number of aromatic nitrogens is 2. The fourth-order valence-electron chi connectivity index (χ4n) is 2.58. The Bertz CT molecular complexity index is 845. The zero-order valence-corrected chi connectivity index (χ0v) is 12.4. The molecule has 0 radical (unpaired) electrons. The molecule has 0 amide bonds. The van der Waals surface area contributed by atoms with Gasteiger partial charge in [-0.1, -0.05) is 11.8 Å². The molecule has 8 heteroatoms. The van der Waals surface area contributed by atoms with Crippen LogP contribution in [0.25, 0.3) is 11.0 Å². The van der Waals surface area contributed by atoms with Crippen molar-refractivity contribution in [1.82, 2.24) is 9.97 Å². The lowest BCUT2D eigenvalue weighted by molar-refractivity contribution is -0.214. The summed E-state index contributed by atoms with van der Waals surface area (Å²) in [6.07, 6.45) is -4.97. The van der Waals surface area contributed by atoms with Gasteiger partial charge in [0.1, 0.15) is 36.0 Å². The van der Waals surface area contributed by atoms with Gasteiger partial charge in [0.15, 0.2) is 0 Å². The first-order valence-corrected chi connectivity index (χ1v) is 7.24. The van der Waals surface area contributed by atoms with Gasteiger partial charge in [-0.2, -0.15) is 5.26 Å². The van der Waals surface area contributed by atoms with Crippen molar-refractivity contribution >= 4 is 11.0 Å². The topological polar surface area (TPSA) is 143 Å². The van der Waals surface area contributed by atoms with Gasteiger partial charge in [0.05, 0.1) is 35.6 Å². The second-order valence-electron chi connectivity index (χ2n) is 5.45. The van der Waals surface area contributed by atoms with Gasteiger partial charge in [-0.25, -0.2) is 4.98 Å². The Kier molecular flexibility index (Phi) is 4.49. The van der Waals surface area contributed by atoms with Crippen LogP contribution in [-0.4, -0.2) is 67.5 Å². The van der Waals surface area contributed by atoms with Crippen LogP contribution in [0.5, 0.6) is 0 Å². The summed E-state index contributed by atoms with van der Waals surface area (Å²) >= 11 is 0. The minimum absolute atomic E-state index is 0.393. The van der Waals surface area contributed by atoms with Gasteiger partial charge in [0.2, 0.25) is 0 Å². The molecule has 5 N–H and O–H groups in total. The molecule has 0 bridgehead atoms. The zero-order chi connectivity index (χ0) is 17.3. The van der Waals surface area contributed by atoms with Gasteiger partial charge >= 0.3 is 0 Å². The average molecular weight is 329 g/mol. The second kappa shape index (κ2) is 6.57. The molecule has 1 saturated heterocycles. The average Bonchev–Trinajstić information content (AvgIpc) is 3.07. The molecular formula is C16H15N3O5. The number of ether oxygens (including phenoxy) is 1. The molecule has 3 rings (SSSR count). The first-order valence-electron chi connectivity index (χ1n) is 7.24. The van der Waals surface area contributed by atoms with Gasteiger partial charge in [0.25, 0.3) is 0 Å². The van der Waals surface area contributed by atoms with Crippen molar-refractivity contribution in [2.45, 2.75) is 30.5 Å². The maximum atomic E-state index is 9.98. The Morgan fingerprint density at radius 1 is 1.21 bits per heavy atom. The van der Waals surface area contributed by atoms with Crippen molar-refractivity contribution in [3.05, 3.63) is 29.6 Å². The fraction of sp³-hybridized carbons (Fsp3) is 0.375. The lowest BCUT2D eigenvalue weighted by atomic mass is 9.95. The standard InChI is InChI=1S/C16H15N3O5/c17-5-8-3-9(13-10(4-8)18-7-19-13)1-2-11-14(21)16(23)15(22)12(6-20)24-11/h3-4,7,11-12,14-16,20-23H,6H2,(H,18,19)/t11-,12-,14-,15-,16-/m1/s1. The molecule has 1 aromatic carbocycles. The van der Waals surface area contributed by atoms with E-state index in [1.165, 1.54) is 6.33 Å². The predicted molar refractivity (Wildman–Crippen MR) is 81.5 cm³/mol. The number of imidazole rings is 1. The number of aromatic amines is 1. The molecular weight excluding hydrogens is 314 g/mol. The number of hydrogen-bond donors (Lipinski definition) is 5. The number of fused-ring (bicyclic) bond motifs is 1. The Balaban J connectivity index is 1.95. The highest BCUT2D eigenvalue weighted by molar-refractivity contribution is 5.83. The van der Waals surface area contributed by atoms with E-state index in [2.05, 4.69) is 21.8 Å². The highest BCUT2D eigenvalue weighted by Crippen LogP contribution is 2.21. The number of nitrogens with zero attached hydrogens (tertiary/aromatic N) is 2. The summed E-state index contributed by atoms with van der Waals surface area (Å²) in [7, 11) is 0. The smallest absolute Gasteiger partial charge is 0.147 e. The van der Waals surface area contributed by atoms with Crippen LogP contribution in [-0.2, 0) is 4.74 Å². The van der Waals surface area contributed by atoms with Crippen LogP contribution >= 0.6 is 0 Å². The number of nitrogens with one attached hydrogen (secondary N) is 1. The normalized spacial score (nSPS) is 29.7. The number of rotatable bonds is 1. The maximum absolute atomic E-state index is 9.98. The van der Waals surface area contributed by atoms with E-state index in [4.69, 9.17) is 10.00 Å². The number of benzene rings is 1. The van der Waals surface area contributed by atoms with Crippen LogP contribution in [0.15, 0.2) is 18.5 Å². The van der Waals surface area contributed by atoms with Crippen molar-refractivity contribution < 1.29 is 25.2 Å². The van der Waals surface area contributed by atoms with Crippen LogP contribution in [0.4, 0.5) is 0 Å². The molecule has 8 nitrogen and oxygen atoms in total. The van der Waals surface area contributed by atoms with Gasteiger partial charge in [-0.15, -0.1) is 0 Å². The Morgan fingerprint density at radius 2 is 2.00 bits per heavy atom. The molecule has 124 valence electrons. The third-order valence-corrected chi connectivity index (χ3v) is 3.89. The summed E-state index contributed by atoms with van der Waals surface area (Å²) in [4.78, 5) is 7.03. The number of aliphatic hydroxyl groups is 4. The molecule has 1 aromatic heterocycles. The van der Waals surface area contributed by atoms with E-state index in [9.17, 15) is 20.4 Å². The number of H-pyrrole nitrogens is 1. The molecule has 0 aliphatic carbocycles. The Labute approximate surface area is 137 Å². The molecule has 1 aliphatic heterocycles. The van der Waals surface area contributed by atoms with Crippen molar-refractivity contribution in [2.24, 2.45) is 0 Å². The fourth-order valence-corrected chi connectivity index (χ4v) is 2.58. The molecule has 0 spiro atoms. The van der Waals surface area contributed by atoms with Gasteiger partial charge < -0.3 is 30.1 Å². The summed E-state index contributed by atoms with van der Waals surface area (Å²) in [6, 6.07) is 5.22. The molecule has 0 saturated carbocycles. The second-order valence-corrected chi connectivity index (χ2v) is 5.45. The minimum Gasteiger partial charge on any atom is -0.394 e. The van der Waals surface area contributed by atoms with E-state index in [0.717, 1.165) is 0 Å². The summed E-state index contributed by atoms with van der Waals surface area (Å²) in [5.74, 6) is 5.45. The maximum Gasteiger partial charge on any atom is 0.147 e. The first-order chi connectivity index (χ1) is 11.5. The van der Waals surface area contributed by atoms with E-state index in [1.54, 1.807) is 12.1 Å². The van der Waals surface area contributed by atoms with Crippen molar-refractivity contribution in [3.8, 4) is 17.9 Å². The quantitative estimate of drug-likeness (QED) is 0.406. The van der Waals surface area contributed by atoms with Crippen LogP contribution in [0, 0.1) is 23.2 Å². The lowest BCUT2D eigenvalue weighted by Crippen LogP contribution is -2.58. The molecule has 24 heavy (non-hydrogen) atoms. The van der Waals surface area contributed by atoms with Crippen LogP contribution in [0.3, 0.4) is 0 Å². The van der Waals surface area contributed by atoms with Crippen molar-refractivity contribution in [2.75, 3.05) is 6.61 Å². The van der Waals surface area contributed by atoms with Crippen molar-refractivity contribution in [1.29, 1.82) is 5.26 Å². The van der Waals surface area contributed by atoms with E-state index in [1.807, 2.05) is 6.07 Å². The highest BCUT2D eigenvalue weighted by atomic mass is 16.5. The zero-order valence-electron chi connectivity index (χ0n) is 12.4. The van der Waals surface area contributed by atoms with E-state index >= 15 is 0 Å². The monoisotopic (exact) mass is 329 g/mol. The molecule has 0 unspecified atom stereocenters. The molecule has 1 aliphatic rings. The van der Waals surface area contributed by atoms with Crippen LogP contribution in [0.1, 0.15) is 11.1 Å². The van der Waals surface area contributed by atoms with E-state index < -0.39 is 37.1 Å². The third-order valence-electron chi connectivity index (χ3n) is 3.89. The van der Waals surface area contributed by atoms with Crippen LogP contribution < -0.4 is 0 Å². The summed E-state index contributed by atoms with van der Waals surface area (Å²) in [5, 5.41) is 47.7. The summed E-state index contributed by atoms with van der Waals surface area (Å²) in [5.41, 5.74) is 2.06. The van der Waals surface area contributed by atoms with Crippen LogP contribution in [0.2, 0.25) is 0 Å². The van der Waals surface area contributed by atoms with Gasteiger partial charge in [0, 0.05) is 0 Å². The lowest BCUT2D eigenvalue weighted by Gasteiger charge is -2.37. The number of aliphatic hydroxyl groups excluding tert-OH is 4. The number of nitriles is 1. The largest absolute Gasteiger partial charge is 0.394 e. The molecule has 2 heterocycles. The molecule has 2 aromatic rings.